The molecular formula is C15H21N5O. The van der Waals surface area contributed by atoms with Crippen LogP contribution in [0.4, 0.5) is 5.95 Å². The summed E-state index contributed by atoms with van der Waals surface area (Å²) >= 11 is 0. The van der Waals surface area contributed by atoms with Gasteiger partial charge in [0.15, 0.2) is 0 Å². The standard InChI is InChI=1S/C15H21N5O/c1-10-7-11(2)17-15(16-10)20-5-3-12(9-20)14-8-13(4-6-21)18-19-14/h7-8,12,21H,3-6,9H2,1-2H3,(H,18,19). The highest BCUT2D eigenvalue weighted by Crippen LogP contribution is 2.28. The van der Waals surface area contributed by atoms with Crippen molar-refractivity contribution in [2.75, 3.05) is 24.6 Å². The molecule has 0 amide bonds. The molecular weight excluding hydrogens is 266 g/mol. The molecule has 21 heavy (non-hydrogen) atoms. The summed E-state index contributed by atoms with van der Waals surface area (Å²) in [6.07, 6.45) is 1.68. The normalized spacial score (nSPS) is 18.4. The summed E-state index contributed by atoms with van der Waals surface area (Å²) < 4.78 is 0. The van der Waals surface area contributed by atoms with Gasteiger partial charge in [0, 0.05) is 49.1 Å². The highest BCUT2D eigenvalue weighted by Gasteiger charge is 2.27. The Morgan fingerprint density at radius 1 is 1.29 bits per heavy atom. The molecule has 0 aromatic carbocycles. The Hall–Kier alpha value is -1.95. The second-order valence-electron chi connectivity index (χ2n) is 5.67. The second kappa shape index (κ2) is 5.81. The van der Waals surface area contributed by atoms with Gasteiger partial charge in [0.2, 0.25) is 5.95 Å². The molecule has 6 heteroatoms. The first-order valence-corrected chi connectivity index (χ1v) is 7.38. The van der Waals surface area contributed by atoms with Gasteiger partial charge in [-0.1, -0.05) is 0 Å². The molecule has 0 spiro atoms. The Balaban J connectivity index is 1.72. The first-order chi connectivity index (χ1) is 10.2. The average molecular weight is 287 g/mol. The fraction of sp³-hybridized carbons (Fsp3) is 0.533. The topological polar surface area (TPSA) is 77.9 Å². The highest BCUT2D eigenvalue weighted by molar-refractivity contribution is 5.36. The van der Waals surface area contributed by atoms with Gasteiger partial charge in [-0.25, -0.2) is 9.97 Å². The van der Waals surface area contributed by atoms with Gasteiger partial charge < -0.3 is 10.0 Å². The lowest BCUT2D eigenvalue weighted by atomic mass is 10.0. The SMILES string of the molecule is Cc1cc(C)nc(N2CCC(c3cc(CCO)[nH]n3)C2)n1. The first-order valence-electron chi connectivity index (χ1n) is 7.38. The third kappa shape index (κ3) is 3.05. The molecule has 2 aromatic heterocycles. The van der Waals surface area contributed by atoms with Gasteiger partial charge in [-0.15, -0.1) is 0 Å². The Morgan fingerprint density at radius 3 is 2.76 bits per heavy atom. The number of aliphatic hydroxyl groups excluding tert-OH is 1. The quantitative estimate of drug-likeness (QED) is 0.887. The predicted octanol–water partition coefficient (Wildman–Crippen LogP) is 1.35. The van der Waals surface area contributed by atoms with Crippen LogP contribution >= 0.6 is 0 Å². The molecule has 6 nitrogen and oxygen atoms in total. The van der Waals surface area contributed by atoms with Gasteiger partial charge in [-0.05, 0) is 32.4 Å². The smallest absolute Gasteiger partial charge is 0.225 e. The van der Waals surface area contributed by atoms with Gasteiger partial charge in [-0.2, -0.15) is 5.10 Å². The minimum Gasteiger partial charge on any atom is -0.396 e. The van der Waals surface area contributed by atoms with Crippen LogP contribution in [0.5, 0.6) is 0 Å². The molecule has 2 aromatic rings. The van der Waals surface area contributed by atoms with Crippen molar-refractivity contribution < 1.29 is 5.11 Å². The molecule has 1 fully saturated rings. The molecule has 1 unspecified atom stereocenters. The largest absolute Gasteiger partial charge is 0.396 e. The van der Waals surface area contributed by atoms with Crippen LogP contribution in [0.2, 0.25) is 0 Å². The Morgan fingerprint density at radius 2 is 2.05 bits per heavy atom. The van der Waals surface area contributed by atoms with Crippen LogP contribution < -0.4 is 4.90 Å². The maximum absolute atomic E-state index is 8.96. The summed E-state index contributed by atoms with van der Waals surface area (Å²) in [6, 6.07) is 4.05. The second-order valence-corrected chi connectivity index (χ2v) is 5.67. The molecule has 2 N–H and O–H groups in total. The number of hydrogen-bond donors (Lipinski definition) is 2. The van der Waals surface area contributed by atoms with Crippen LogP contribution in [0.1, 0.15) is 35.1 Å². The van der Waals surface area contributed by atoms with E-state index in [4.69, 9.17) is 5.11 Å². The number of hydrogen-bond acceptors (Lipinski definition) is 5. The lowest BCUT2D eigenvalue weighted by Gasteiger charge is -2.16. The van der Waals surface area contributed by atoms with Gasteiger partial charge in [0.05, 0.1) is 5.69 Å². The Kier molecular flexibility index (Phi) is 3.88. The van der Waals surface area contributed by atoms with E-state index in [1.165, 1.54) is 0 Å². The number of nitrogens with zero attached hydrogens (tertiary/aromatic N) is 4. The van der Waals surface area contributed by atoms with Crippen molar-refractivity contribution >= 4 is 5.95 Å². The molecule has 3 rings (SSSR count). The van der Waals surface area contributed by atoms with Crippen LogP contribution in [0.3, 0.4) is 0 Å². The average Bonchev–Trinajstić information content (AvgIpc) is 3.06. The van der Waals surface area contributed by atoms with E-state index < -0.39 is 0 Å². The van der Waals surface area contributed by atoms with E-state index in [1.54, 1.807) is 0 Å². The Labute approximate surface area is 124 Å². The lowest BCUT2D eigenvalue weighted by Crippen LogP contribution is -2.22. The van der Waals surface area contributed by atoms with Crippen LogP contribution in [0.15, 0.2) is 12.1 Å². The maximum Gasteiger partial charge on any atom is 0.225 e. The summed E-state index contributed by atoms with van der Waals surface area (Å²) in [5, 5.41) is 16.3. The molecule has 1 aliphatic rings. The number of aryl methyl sites for hydroxylation is 2. The van der Waals surface area contributed by atoms with Crippen molar-refractivity contribution in [3.63, 3.8) is 0 Å². The zero-order valence-corrected chi connectivity index (χ0v) is 12.5. The summed E-state index contributed by atoms with van der Waals surface area (Å²) in [5.74, 6) is 1.22. The van der Waals surface area contributed by atoms with E-state index in [9.17, 15) is 0 Å². The molecule has 1 saturated heterocycles. The number of H-pyrrole nitrogens is 1. The zero-order chi connectivity index (χ0) is 14.8. The number of rotatable bonds is 4. The molecule has 0 bridgehead atoms. The van der Waals surface area contributed by atoms with E-state index >= 15 is 0 Å². The minimum absolute atomic E-state index is 0.148. The van der Waals surface area contributed by atoms with Crippen molar-refractivity contribution in [1.29, 1.82) is 0 Å². The van der Waals surface area contributed by atoms with Crippen molar-refractivity contribution in [2.24, 2.45) is 0 Å². The third-order valence-electron chi connectivity index (χ3n) is 3.89. The fourth-order valence-corrected chi connectivity index (χ4v) is 2.87. The number of nitrogens with one attached hydrogen (secondary N) is 1. The van der Waals surface area contributed by atoms with Crippen molar-refractivity contribution in [1.82, 2.24) is 20.2 Å². The molecule has 1 atom stereocenters. The predicted molar refractivity (Wildman–Crippen MR) is 80.5 cm³/mol. The highest BCUT2D eigenvalue weighted by atomic mass is 16.3. The zero-order valence-electron chi connectivity index (χ0n) is 12.5. The van der Waals surface area contributed by atoms with Crippen molar-refractivity contribution in [3.8, 4) is 0 Å². The molecule has 112 valence electrons. The monoisotopic (exact) mass is 287 g/mol. The molecule has 3 heterocycles. The summed E-state index contributed by atoms with van der Waals surface area (Å²) in [4.78, 5) is 11.3. The van der Waals surface area contributed by atoms with Crippen LogP contribution in [-0.2, 0) is 6.42 Å². The first kappa shape index (κ1) is 14.0. The molecule has 1 aliphatic heterocycles. The molecule has 0 saturated carbocycles. The molecule has 0 aliphatic carbocycles. The van der Waals surface area contributed by atoms with E-state index in [0.717, 1.165) is 48.2 Å². The van der Waals surface area contributed by atoms with E-state index in [-0.39, 0.29) is 6.61 Å². The van der Waals surface area contributed by atoms with Crippen LogP contribution in [0, 0.1) is 13.8 Å². The Bertz CT molecular complexity index is 604. The third-order valence-corrected chi connectivity index (χ3v) is 3.89. The van der Waals surface area contributed by atoms with E-state index in [2.05, 4.69) is 31.1 Å². The van der Waals surface area contributed by atoms with E-state index in [1.807, 2.05) is 19.9 Å². The number of aromatic amines is 1. The number of aliphatic hydroxyl groups is 1. The summed E-state index contributed by atoms with van der Waals surface area (Å²) in [6.45, 7) is 6.00. The van der Waals surface area contributed by atoms with Gasteiger partial charge in [0.25, 0.3) is 0 Å². The maximum atomic E-state index is 8.96. The fourth-order valence-electron chi connectivity index (χ4n) is 2.87. The lowest BCUT2D eigenvalue weighted by molar-refractivity contribution is 0.298. The van der Waals surface area contributed by atoms with Gasteiger partial charge >= 0.3 is 0 Å². The number of aromatic nitrogens is 4. The van der Waals surface area contributed by atoms with Crippen LogP contribution in [0.25, 0.3) is 0 Å². The summed E-state index contributed by atoms with van der Waals surface area (Å²) in [5.41, 5.74) is 4.08. The molecule has 0 radical (unpaired) electrons. The van der Waals surface area contributed by atoms with Crippen molar-refractivity contribution in [2.45, 2.75) is 32.6 Å². The van der Waals surface area contributed by atoms with Gasteiger partial charge in [-0.3, -0.25) is 5.10 Å². The van der Waals surface area contributed by atoms with Crippen LogP contribution in [-0.4, -0.2) is 45.0 Å². The number of anilines is 1. The van der Waals surface area contributed by atoms with Crippen molar-refractivity contribution in [3.05, 3.63) is 34.9 Å². The minimum atomic E-state index is 0.148. The van der Waals surface area contributed by atoms with Gasteiger partial charge in [0.1, 0.15) is 0 Å². The van der Waals surface area contributed by atoms with E-state index in [0.29, 0.717) is 12.3 Å². The summed E-state index contributed by atoms with van der Waals surface area (Å²) in [7, 11) is 0.